The Hall–Kier alpha value is -1.63. The zero-order valence-electron chi connectivity index (χ0n) is 14.0. The highest BCUT2D eigenvalue weighted by Gasteiger charge is 2.43. The van der Waals surface area contributed by atoms with E-state index in [2.05, 4.69) is 19.2 Å². The highest BCUT2D eigenvalue weighted by Crippen LogP contribution is 2.16. The molecule has 0 spiro atoms. The minimum atomic E-state index is -0.908. The molecule has 22 heavy (non-hydrogen) atoms. The third-order valence-corrected chi connectivity index (χ3v) is 3.40. The van der Waals surface area contributed by atoms with Crippen LogP contribution in [0.1, 0.15) is 41.0 Å². The first-order valence-electron chi connectivity index (χ1n) is 7.57. The fourth-order valence-electron chi connectivity index (χ4n) is 1.92. The molecule has 3 amide bonds. The number of carbonyl (C=O) groups is 3. The number of rotatable bonds is 8. The first kappa shape index (κ1) is 18.4. The van der Waals surface area contributed by atoms with Crippen LogP contribution in [0, 0.1) is 5.92 Å². The molecule has 0 aromatic carbocycles. The van der Waals surface area contributed by atoms with Gasteiger partial charge < -0.3 is 14.8 Å². The molecule has 7 nitrogen and oxygen atoms in total. The Morgan fingerprint density at radius 3 is 2.36 bits per heavy atom. The van der Waals surface area contributed by atoms with E-state index in [0.717, 1.165) is 11.3 Å². The van der Waals surface area contributed by atoms with Crippen molar-refractivity contribution in [2.45, 2.75) is 52.7 Å². The van der Waals surface area contributed by atoms with E-state index in [9.17, 15) is 14.4 Å². The summed E-state index contributed by atoms with van der Waals surface area (Å²) in [6, 6.07) is -0.465. The van der Waals surface area contributed by atoms with Crippen LogP contribution in [0.5, 0.6) is 0 Å². The lowest BCUT2D eigenvalue weighted by Crippen LogP contribution is -2.40. The quantitative estimate of drug-likeness (QED) is 0.539. The largest absolute Gasteiger partial charge is 0.462 e. The molecular weight excluding hydrogens is 288 g/mol. The number of hydrogen-bond acceptors (Lipinski definition) is 5. The second-order valence-electron chi connectivity index (χ2n) is 6.37. The van der Waals surface area contributed by atoms with Gasteiger partial charge in [0, 0.05) is 6.61 Å². The lowest BCUT2D eigenvalue weighted by atomic mass is 10.1. The molecule has 1 aliphatic heterocycles. The number of urea groups is 1. The van der Waals surface area contributed by atoms with Crippen LogP contribution in [0.25, 0.3) is 0 Å². The van der Waals surface area contributed by atoms with Gasteiger partial charge >= 0.3 is 12.0 Å². The molecule has 126 valence electrons. The smallest absolute Gasteiger partial charge is 0.335 e. The number of hydrogen-bond donors (Lipinski definition) is 1. The summed E-state index contributed by atoms with van der Waals surface area (Å²) < 4.78 is 10.4. The maximum Gasteiger partial charge on any atom is 0.335 e. The zero-order valence-corrected chi connectivity index (χ0v) is 14.0. The first-order valence-corrected chi connectivity index (χ1v) is 7.57. The van der Waals surface area contributed by atoms with Crippen LogP contribution >= 0.6 is 0 Å². The van der Waals surface area contributed by atoms with Crippen LogP contribution in [0.2, 0.25) is 0 Å². The molecule has 0 radical (unpaired) electrons. The first-order chi connectivity index (χ1) is 10.1. The fourth-order valence-corrected chi connectivity index (χ4v) is 1.92. The van der Waals surface area contributed by atoms with E-state index in [1.54, 1.807) is 20.8 Å². The Morgan fingerprint density at radius 1 is 1.23 bits per heavy atom. The Morgan fingerprint density at radius 2 is 1.86 bits per heavy atom. The van der Waals surface area contributed by atoms with Gasteiger partial charge in [-0.1, -0.05) is 13.8 Å². The van der Waals surface area contributed by atoms with Crippen LogP contribution in [-0.4, -0.2) is 54.2 Å². The third kappa shape index (κ3) is 4.98. The summed E-state index contributed by atoms with van der Waals surface area (Å²) in [7, 11) is 0. The van der Waals surface area contributed by atoms with Crippen molar-refractivity contribution in [2.75, 3.05) is 19.8 Å². The number of nitrogens with one attached hydrogen (secondary N) is 1. The molecule has 1 unspecified atom stereocenters. The van der Waals surface area contributed by atoms with Gasteiger partial charge in [-0.3, -0.25) is 9.69 Å². The molecule has 0 saturated carbocycles. The van der Waals surface area contributed by atoms with E-state index in [4.69, 9.17) is 9.47 Å². The number of ether oxygens (including phenoxy) is 2. The standard InChI is InChI=1S/C15H26N2O5/c1-10(2)6-8-21-11(3)12(18)22-9-7-17-13(19)15(4,5)16-14(17)20/h10-11H,6-9H2,1-5H3,(H,16,20). The van der Waals surface area contributed by atoms with Crippen LogP contribution < -0.4 is 5.32 Å². The Kier molecular flexibility index (Phi) is 6.34. The number of nitrogens with zero attached hydrogens (tertiary/aromatic N) is 1. The molecule has 0 aliphatic carbocycles. The molecule has 1 heterocycles. The summed E-state index contributed by atoms with van der Waals surface area (Å²) in [5.74, 6) is -0.309. The van der Waals surface area contributed by atoms with Gasteiger partial charge in [0.05, 0.1) is 6.54 Å². The van der Waals surface area contributed by atoms with Gasteiger partial charge in [-0.15, -0.1) is 0 Å². The summed E-state index contributed by atoms with van der Waals surface area (Å²) in [5.41, 5.74) is -0.908. The maximum absolute atomic E-state index is 11.9. The van der Waals surface area contributed by atoms with E-state index >= 15 is 0 Å². The van der Waals surface area contributed by atoms with Gasteiger partial charge in [-0.05, 0) is 33.1 Å². The van der Waals surface area contributed by atoms with Gasteiger partial charge in [-0.25, -0.2) is 9.59 Å². The molecule has 1 atom stereocenters. The van der Waals surface area contributed by atoms with Gasteiger partial charge in [-0.2, -0.15) is 0 Å². The highest BCUT2D eigenvalue weighted by atomic mass is 16.6. The third-order valence-electron chi connectivity index (χ3n) is 3.40. The summed E-state index contributed by atoms with van der Waals surface area (Å²) in [6.07, 6.45) is 0.216. The normalized spacial score (nSPS) is 18.5. The van der Waals surface area contributed by atoms with Crippen molar-refractivity contribution >= 4 is 17.9 Å². The Labute approximate surface area is 131 Å². The highest BCUT2D eigenvalue weighted by molar-refractivity contribution is 6.06. The fraction of sp³-hybridized carbons (Fsp3) is 0.800. The van der Waals surface area contributed by atoms with Crippen LogP contribution in [0.4, 0.5) is 4.79 Å². The minimum Gasteiger partial charge on any atom is -0.462 e. The predicted octanol–water partition coefficient (Wildman–Crippen LogP) is 1.31. The molecule has 0 aromatic heterocycles. The second kappa shape index (κ2) is 7.58. The molecule has 7 heteroatoms. The van der Waals surface area contributed by atoms with Crippen molar-refractivity contribution in [1.82, 2.24) is 10.2 Å². The van der Waals surface area contributed by atoms with Crippen LogP contribution in [0.3, 0.4) is 0 Å². The molecule has 0 aromatic rings. The van der Waals surface area contributed by atoms with Crippen LogP contribution in [0.15, 0.2) is 0 Å². The van der Waals surface area contributed by atoms with Crippen molar-refractivity contribution in [3.8, 4) is 0 Å². The number of amides is 3. The summed E-state index contributed by atoms with van der Waals surface area (Å²) in [5, 5.41) is 2.56. The molecular formula is C15H26N2O5. The van der Waals surface area contributed by atoms with Crippen molar-refractivity contribution in [3.05, 3.63) is 0 Å². The minimum absolute atomic E-state index is 0.0358. The maximum atomic E-state index is 11.9. The SMILES string of the molecule is CC(C)CCOC(C)C(=O)OCCN1C(=O)NC(C)(C)C1=O. The number of carbonyl (C=O) groups excluding carboxylic acids is 3. The van der Waals surface area contributed by atoms with E-state index < -0.39 is 23.6 Å². The van der Waals surface area contributed by atoms with Gasteiger partial charge in [0.25, 0.3) is 5.91 Å². The Balaban J connectivity index is 2.30. The summed E-state index contributed by atoms with van der Waals surface area (Å²) >= 11 is 0. The second-order valence-corrected chi connectivity index (χ2v) is 6.37. The number of esters is 1. The predicted molar refractivity (Wildman–Crippen MR) is 80.2 cm³/mol. The van der Waals surface area contributed by atoms with Gasteiger partial charge in [0.15, 0.2) is 6.10 Å². The molecule has 1 rings (SSSR count). The average molecular weight is 314 g/mol. The van der Waals surface area contributed by atoms with Crippen LogP contribution in [-0.2, 0) is 19.1 Å². The monoisotopic (exact) mass is 314 g/mol. The van der Waals surface area contributed by atoms with Gasteiger partial charge in [0.1, 0.15) is 12.1 Å². The molecule has 1 aliphatic rings. The molecule has 1 saturated heterocycles. The average Bonchev–Trinajstić information content (AvgIpc) is 2.59. The molecule has 0 bridgehead atoms. The Bertz CT molecular complexity index is 434. The van der Waals surface area contributed by atoms with Crippen molar-refractivity contribution in [2.24, 2.45) is 5.92 Å². The zero-order chi connectivity index (χ0) is 16.9. The van der Waals surface area contributed by atoms with E-state index in [1.807, 2.05) is 0 Å². The molecule has 1 N–H and O–H groups in total. The van der Waals surface area contributed by atoms with Crippen molar-refractivity contribution in [3.63, 3.8) is 0 Å². The van der Waals surface area contributed by atoms with E-state index in [1.165, 1.54) is 0 Å². The van der Waals surface area contributed by atoms with Crippen molar-refractivity contribution in [1.29, 1.82) is 0 Å². The summed E-state index contributed by atoms with van der Waals surface area (Å²) in [6.45, 7) is 9.53. The lowest BCUT2D eigenvalue weighted by molar-refractivity contribution is -0.157. The van der Waals surface area contributed by atoms with Gasteiger partial charge in [0.2, 0.25) is 0 Å². The number of imide groups is 1. The van der Waals surface area contributed by atoms with Crippen molar-refractivity contribution < 1.29 is 23.9 Å². The lowest BCUT2D eigenvalue weighted by Gasteiger charge is -2.17. The van der Waals surface area contributed by atoms with E-state index in [0.29, 0.717) is 12.5 Å². The summed E-state index contributed by atoms with van der Waals surface area (Å²) in [4.78, 5) is 36.4. The molecule has 1 fully saturated rings. The van der Waals surface area contributed by atoms with E-state index in [-0.39, 0.29) is 19.1 Å². The topological polar surface area (TPSA) is 84.9 Å².